The van der Waals surface area contributed by atoms with Crippen LogP contribution in [0.2, 0.25) is 0 Å². The number of ether oxygens (including phenoxy) is 3. The molecular weight excluding hydrogens is 300 g/mol. The molecule has 0 unspecified atom stereocenters. The minimum Gasteiger partial charge on any atom is -0.482 e. The fraction of sp³-hybridized carbons (Fsp3) is 0.125. The van der Waals surface area contributed by atoms with E-state index in [-0.39, 0.29) is 25.2 Å². The van der Waals surface area contributed by atoms with E-state index in [4.69, 9.17) is 14.2 Å². The molecule has 7 nitrogen and oxygen atoms in total. The molecule has 116 valence electrons. The Morgan fingerprint density at radius 2 is 1.91 bits per heavy atom. The van der Waals surface area contributed by atoms with Crippen LogP contribution in [0.15, 0.2) is 36.4 Å². The SMILES string of the molecule is O=C1COc2cccc(C(=O)Nc3ccc4c(c3)OCO4)c2N1. The Labute approximate surface area is 131 Å². The summed E-state index contributed by atoms with van der Waals surface area (Å²) in [6.45, 7) is 0.114. The van der Waals surface area contributed by atoms with Crippen LogP contribution in [0.25, 0.3) is 0 Å². The number of carbonyl (C=O) groups excluding carboxylic acids is 2. The maximum atomic E-state index is 12.5. The third-order valence-electron chi connectivity index (χ3n) is 3.52. The fourth-order valence-corrected chi connectivity index (χ4v) is 2.46. The van der Waals surface area contributed by atoms with Gasteiger partial charge in [0.15, 0.2) is 18.1 Å². The van der Waals surface area contributed by atoms with Crippen molar-refractivity contribution in [3.05, 3.63) is 42.0 Å². The summed E-state index contributed by atoms with van der Waals surface area (Å²) >= 11 is 0. The van der Waals surface area contributed by atoms with E-state index in [2.05, 4.69) is 10.6 Å². The van der Waals surface area contributed by atoms with Crippen LogP contribution >= 0.6 is 0 Å². The zero-order valence-corrected chi connectivity index (χ0v) is 11.9. The monoisotopic (exact) mass is 312 g/mol. The molecular formula is C16H12N2O5. The Balaban J connectivity index is 1.61. The number of rotatable bonds is 2. The molecule has 0 radical (unpaired) electrons. The number of benzene rings is 2. The Hall–Kier alpha value is -3.22. The van der Waals surface area contributed by atoms with Gasteiger partial charge in [0.25, 0.3) is 11.8 Å². The molecule has 7 heteroatoms. The topological polar surface area (TPSA) is 85.9 Å². The lowest BCUT2D eigenvalue weighted by Gasteiger charge is -2.20. The van der Waals surface area contributed by atoms with Gasteiger partial charge < -0.3 is 24.8 Å². The van der Waals surface area contributed by atoms with Gasteiger partial charge in [-0.25, -0.2) is 0 Å². The van der Waals surface area contributed by atoms with Gasteiger partial charge in [0.2, 0.25) is 6.79 Å². The van der Waals surface area contributed by atoms with Gasteiger partial charge in [-0.2, -0.15) is 0 Å². The number of hydrogen-bond acceptors (Lipinski definition) is 5. The summed E-state index contributed by atoms with van der Waals surface area (Å²) in [7, 11) is 0. The highest BCUT2D eigenvalue weighted by molar-refractivity contribution is 6.12. The average Bonchev–Trinajstić information content (AvgIpc) is 3.01. The molecule has 0 saturated heterocycles. The van der Waals surface area contributed by atoms with Crippen molar-refractivity contribution in [2.24, 2.45) is 0 Å². The lowest BCUT2D eigenvalue weighted by atomic mass is 10.1. The van der Waals surface area contributed by atoms with Crippen molar-refractivity contribution in [1.82, 2.24) is 0 Å². The Morgan fingerprint density at radius 1 is 1.04 bits per heavy atom. The minimum atomic E-state index is -0.355. The second-order valence-electron chi connectivity index (χ2n) is 5.04. The van der Waals surface area contributed by atoms with Gasteiger partial charge in [-0.05, 0) is 24.3 Å². The first kappa shape index (κ1) is 13.4. The quantitative estimate of drug-likeness (QED) is 0.886. The molecule has 4 rings (SSSR count). The third-order valence-corrected chi connectivity index (χ3v) is 3.52. The molecule has 2 aliphatic heterocycles. The first-order chi connectivity index (χ1) is 11.2. The Bertz CT molecular complexity index is 818. The average molecular weight is 312 g/mol. The summed E-state index contributed by atoms with van der Waals surface area (Å²) in [5.41, 5.74) is 1.27. The normalized spacial score (nSPS) is 14.5. The number of nitrogens with one attached hydrogen (secondary N) is 2. The van der Waals surface area contributed by atoms with E-state index >= 15 is 0 Å². The summed E-state index contributed by atoms with van der Waals surface area (Å²) in [5.74, 6) is 1.05. The van der Waals surface area contributed by atoms with Crippen molar-refractivity contribution in [3.8, 4) is 17.2 Å². The summed E-state index contributed by atoms with van der Waals surface area (Å²) in [6.07, 6.45) is 0. The van der Waals surface area contributed by atoms with Crippen LogP contribution in [0, 0.1) is 0 Å². The fourth-order valence-electron chi connectivity index (χ4n) is 2.46. The van der Waals surface area contributed by atoms with E-state index in [0.29, 0.717) is 34.2 Å². The van der Waals surface area contributed by atoms with Gasteiger partial charge >= 0.3 is 0 Å². The molecule has 2 heterocycles. The molecule has 2 amide bonds. The van der Waals surface area contributed by atoms with Crippen molar-refractivity contribution in [2.75, 3.05) is 24.0 Å². The molecule has 0 spiro atoms. The first-order valence-corrected chi connectivity index (χ1v) is 6.97. The Kier molecular flexibility index (Phi) is 3.04. The van der Waals surface area contributed by atoms with Gasteiger partial charge in [-0.15, -0.1) is 0 Å². The van der Waals surface area contributed by atoms with Crippen molar-refractivity contribution in [1.29, 1.82) is 0 Å². The lowest BCUT2D eigenvalue weighted by molar-refractivity contribution is -0.118. The Morgan fingerprint density at radius 3 is 2.83 bits per heavy atom. The molecule has 2 aromatic carbocycles. The van der Waals surface area contributed by atoms with Crippen LogP contribution in [0.1, 0.15) is 10.4 Å². The second-order valence-corrected chi connectivity index (χ2v) is 5.04. The van der Waals surface area contributed by atoms with Gasteiger partial charge in [-0.1, -0.05) is 6.07 Å². The minimum absolute atomic E-state index is 0.0553. The summed E-state index contributed by atoms with van der Waals surface area (Å²) in [4.78, 5) is 24.0. The van der Waals surface area contributed by atoms with E-state index < -0.39 is 0 Å². The number of hydrogen-bond donors (Lipinski definition) is 2. The highest BCUT2D eigenvalue weighted by Crippen LogP contribution is 2.35. The summed E-state index contributed by atoms with van der Waals surface area (Å²) in [6, 6.07) is 10.1. The smallest absolute Gasteiger partial charge is 0.262 e. The second kappa shape index (κ2) is 5.20. The molecule has 0 atom stereocenters. The lowest BCUT2D eigenvalue weighted by Crippen LogP contribution is -2.27. The zero-order chi connectivity index (χ0) is 15.8. The number of carbonyl (C=O) groups is 2. The van der Waals surface area contributed by atoms with Crippen LogP contribution in [-0.4, -0.2) is 25.2 Å². The van der Waals surface area contributed by atoms with E-state index in [1.54, 1.807) is 36.4 Å². The molecule has 0 saturated carbocycles. The highest BCUT2D eigenvalue weighted by Gasteiger charge is 2.23. The van der Waals surface area contributed by atoms with Crippen molar-refractivity contribution in [2.45, 2.75) is 0 Å². The van der Waals surface area contributed by atoms with Gasteiger partial charge in [-0.3, -0.25) is 9.59 Å². The maximum Gasteiger partial charge on any atom is 0.262 e. The standard InChI is InChI=1S/C16H12N2O5/c19-14-7-21-12-3-1-2-10(15(12)18-14)16(20)17-9-4-5-11-13(6-9)23-8-22-11/h1-6H,7-8H2,(H,17,20)(H,18,19). The molecule has 2 N–H and O–H groups in total. The van der Waals surface area contributed by atoms with Crippen molar-refractivity contribution < 1.29 is 23.8 Å². The van der Waals surface area contributed by atoms with E-state index in [1.165, 1.54) is 0 Å². The molecule has 2 aliphatic rings. The third kappa shape index (κ3) is 2.42. The van der Waals surface area contributed by atoms with Crippen LogP contribution in [0.4, 0.5) is 11.4 Å². The highest BCUT2D eigenvalue weighted by atomic mass is 16.7. The predicted molar refractivity (Wildman–Crippen MR) is 81.1 cm³/mol. The van der Waals surface area contributed by atoms with Gasteiger partial charge in [0.1, 0.15) is 5.75 Å². The number of para-hydroxylation sites is 1. The first-order valence-electron chi connectivity index (χ1n) is 6.97. The molecule has 0 aromatic heterocycles. The van der Waals surface area contributed by atoms with Crippen LogP contribution in [0.5, 0.6) is 17.2 Å². The van der Waals surface area contributed by atoms with Gasteiger partial charge in [0.05, 0.1) is 11.3 Å². The van der Waals surface area contributed by atoms with Crippen molar-refractivity contribution >= 4 is 23.2 Å². The zero-order valence-electron chi connectivity index (χ0n) is 11.9. The molecule has 0 aliphatic carbocycles. The predicted octanol–water partition coefficient (Wildman–Crippen LogP) is 2.00. The molecule has 2 aromatic rings. The van der Waals surface area contributed by atoms with Crippen LogP contribution in [-0.2, 0) is 4.79 Å². The van der Waals surface area contributed by atoms with Crippen LogP contribution in [0.3, 0.4) is 0 Å². The largest absolute Gasteiger partial charge is 0.482 e. The van der Waals surface area contributed by atoms with Gasteiger partial charge in [0, 0.05) is 11.8 Å². The summed E-state index contributed by atoms with van der Waals surface area (Å²) < 4.78 is 15.8. The molecule has 23 heavy (non-hydrogen) atoms. The van der Waals surface area contributed by atoms with E-state index in [9.17, 15) is 9.59 Å². The van der Waals surface area contributed by atoms with Crippen molar-refractivity contribution in [3.63, 3.8) is 0 Å². The van der Waals surface area contributed by atoms with Crippen LogP contribution < -0.4 is 24.8 Å². The maximum absolute atomic E-state index is 12.5. The molecule has 0 fully saturated rings. The number of fused-ring (bicyclic) bond motifs is 2. The summed E-state index contributed by atoms with van der Waals surface area (Å²) in [5, 5.41) is 5.44. The molecule has 0 bridgehead atoms. The van der Waals surface area contributed by atoms with E-state index in [0.717, 1.165) is 0 Å². The van der Waals surface area contributed by atoms with E-state index in [1.807, 2.05) is 0 Å². The number of anilines is 2. The number of amides is 2.